The van der Waals surface area contributed by atoms with Crippen molar-refractivity contribution in [1.29, 1.82) is 0 Å². The molecule has 0 aromatic carbocycles. The molecule has 64 valence electrons. The third-order valence-electron chi connectivity index (χ3n) is 2.46. The molecule has 0 heterocycles. The molecule has 1 N–H and O–H groups in total. The zero-order valence-corrected chi connectivity index (χ0v) is 7.10. The van der Waals surface area contributed by atoms with Crippen LogP contribution in [0.1, 0.15) is 45.4 Å². The highest BCUT2D eigenvalue weighted by molar-refractivity contribution is 5.75. The lowest BCUT2D eigenvalue weighted by Gasteiger charge is -2.36. The minimum Gasteiger partial charge on any atom is -0.390 e. The Balaban J connectivity index is 2.07. The molecule has 0 bridgehead atoms. The zero-order chi connectivity index (χ0) is 8.32. The van der Waals surface area contributed by atoms with E-state index >= 15 is 0 Å². The Bertz CT molecular complexity index is 148. The molecular weight excluding hydrogens is 140 g/mol. The van der Waals surface area contributed by atoms with Gasteiger partial charge in [-0.1, -0.05) is 0 Å². The quantitative estimate of drug-likeness (QED) is 0.672. The Hall–Kier alpha value is -0.370. The second-order valence-electron chi connectivity index (χ2n) is 3.63. The molecular formula is C9H16O2. The first-order chi connectivity index (χ1) is 5.12. The third-order valence-corrected chi connectivity index (χ3v) is 2.46. The molecule has 0 aromatic rings. The fraction of sp³-hybridized carbons (Fsp3) is 0.889. The summed E-state index contributed by atoms with van der Waals surface area (Å²) < 4.78 is 0. The summed E-state index contributed by atoms with van der Waals surface area (Å²) in [5.74, 6) is 0.230. The molecule has 11 heavy (non-hydrogen) atoms. The molecule has 2 heteroatoms. The van der Waals surface area contributed by atoms with Crippen molar-refractivity contribution in [3.63, 3.8) is 0 Å². The lowest BCUT2D eigenvalue weighted by atomic mass is 9.77. The molecule has 0 aromatic heterocycles. The standard InChI is InChI=1S/C9H16O2/c1-8(10)4-2-5-9(11)6-3-7-9/h11H,2-7H2,1H3. The van der Waals surface area contributed by atoms with Crippen LogP contribution in [0.2, 0.25) is 0 Å². The number of hydrogen-bond donors (Lipinski definition) is 1. The molecule has 0 radical (unpaired) electrons. The maximum Gasteiger partial charge on any atom is 0.129 e. The summed E-state index contributed by atoms with van der Waals surface area (Å²) in [5.41, 5.74) is -0.393. The highest BCUT2D eigenvalue weighted by Gasteiger charge is 2.33. The van der Waals surface area contributed by atoms with Crippen LogP contribution in [0.5, 0.6) is 0 Å². The van der Waals surface area contributed by atoms with Gasteiger partial charge in [-0.25, -0.2) is 0 Å². The van der Waals surface area contributed by atoms with Gasteiger partial charge in [-0.2, -0.15) is 0 Å². The number of carbonyl (C=O) groups is 1. The summed E-state index contributed by atoms with van der Waals surface area (Å²) >= 11 is 0. The second-order valence-corrected chi connectivity index (χ2v) is 3.63. The van der Waals surface area contributed by atoms with Crippen LogP contribution in [0.4, 0.5) is 0 Å². The van der Waals surface area contributed by atoms with Gasteiger partial charge in [0.15, 0.2) is 0 Å². The fourth-order valence-corrected chi connectivity index (χ4v) is 1.50. The Morgan fingerprint density at radius 2 is 2.18 bits per heavy atom. The van der Waals surface area contributed by atoms with E-state index in [4.69, 9.17) is 0 Å². The van der Waals surface area contributed by atoms with Gasteiger partial charge in [0.2, 0.25) is 0 Å². The number of rotatable bonds is 4. The number of ketones is 1. The van der Waals surface area contributed by atoms with Gasteiger partial charge in [0.1, 0.15) is 5.78 Å². The Labute approximate surface area is 67.6 Å². The van der Waals surface area contributed by atoms with Gasteiger partial charge in [0.05, 0.1) is 5.60 Å². The normalized spacial score (nSPS) is 20.9. The third kappa shape index (κ3) is 2.62. The number of aliphatic hydroxyl groups is 1. The highest BCUT2D eigenvalue weighted by atomic mass is 16.3. The van der Waals surface area contributed by atoms with E-state index in [-0.39, 0.29) is 5.78 Å². The van der Waals surface area contributed by atoms with Gasteiger partial charge in [-0.3, -0.25) is 0 Å². The van der Waals surface area contributed by atoms with Crippen molar-refractivity contribution in [3.05, 3.63) is 0 Å². The molecule has 1 aliphatic carbocycles. The molecule has 0 unspecified atom stereocenters. The number of hydrogen-bond acceptors (Lipinski definition) is 2. The molecule has 0 atom stereocenters. The van der Waals surface area contributed by atoms with Crippen LogP contribution < -0.4 is 0 Å². The van der Waals surface area contributed by atoms with E-state index in [0.29, 0.717) is 6.42 Å². The SMILES string of the molecule is CC(=O)CCCC1(O)CCC1. The Morgan fingerprint density at radius 3 is 2.55 bits per heavy atom. The van der Waals surface area contributed by atoms with E-state index in [1.807, 2.05) is 0 Å². The minimum atomic E-state index is -0.393. The Morgan fingerprint density at radius 1 is 1.55 bits per heavy atom. The lowest BCUT2D eigenvalue weighted by Crippen LogP contribution is -2.36. The van der Waals surface area contributed by atoms with Gasteiger partial charge in [0.25, 0.3) is 0 Å². The maximum absolute atomic E-state index is 10.6. The average molecular weight is 156 g/mol. The molecule has 2 nitrogen and oxygen atoms in total. The molecule has 1 rings (SSSR count). The summed E-state index contributed by atoms with van der Waals surface area (Å²) in [7, 11) is 0. The molecule has 0 amide bonds. The predicted octanol–water partition coefficient (Wildman–Crippen LogP) is 1.66. The number of Topliss-reactive ketones (excluding diaryl/α,β-unsaturated/α-hetero) is 1. The van der Waals surface area contributed by atoms with Crippen LogP contribution in [0.25, 0.3) is 0 Å². The minimum absolute atomic E-state index is 0.230. The lowest BCUT2D eigenvalue weighted by molar-refractivity contribution is -0.117. The van der Waals surface area contributed by atoms with Crippen molar-refractivity contribution in [2.75, 3.05) is 0 Å². The topological polar surface area (TPSA) is 37.3 Å². The molecule has 0 saturated heterocycles. The summed E-state index contributed by atoms with van der Waals surface area (Å²) in [4.78, 5) is 10.6. The van der Waals surface area contributed by atoms with Crippen molar-refractivity contribution >= 4 is 5.78 Å². The Kier molecular flexibility index (Phi) is 2.66. The molecule has 1 saturated carbocycles. The van der Waals surface area contributed by atoms with Crippen LogP contribution >= 0.6 is 0 Å². The maximum atomic E-state index is 10.6. The van der Waals surface area contributed by atoms with Crippen molar-refractivity contribution in [2.45, 2.75) is 51.0 Å². The summed E-state index contributed by atoms with van der Waals surface area (Å²) in [6.45, 7) is 1.60. The van der Waals surface area contributed by atoms with Crippen LogP contribution in [0, 0.1) is 0 Å². The summed E-state index contributed by atoms with van der Waals surface area (Å²) in [6.07, 6.45) is 5.31. The van der Waals surface area contributed by atoms with E-state index in [2.05, 4.69) is 0 Å². The monoisotopic (exact) mass is 156 g/mol. The van der Waals surface area contributed by atoms with Crippen molar-refractivity contribution in [2.24, 2.45) is 0 Å². The average Bonchev–Trinajstić information content (AvgIpc) is 1.83. The van der Waals surface area contributed by atoms with Crippen molar-refractivity contribution < 1.29 is 9.90 Å². The first kappa shape index (κ1) is 8.72. The van der Waals surface area contributed by atoms with E-state index in [1.165, 1.54) is 0 Å². The summed E-state index contributed by atoms with van der Waals surface area (Å²) in [6, 6.07) is 0. The van der Waals surface area contributed by atoms with Gasteiger partial charge in [-0.15, -0.1) is 0 Å². The molecule has 0 aliphatic heterocycles. The van der Waals surface area contributed by atoms with Crippen LogP contribution in [0.15, 0.2) is 0 Å². The predicted molar refractivity (Wildman–Crippen MR) is 43.3 cm³/mol. The van der Waals surface area contributed by atoms with Crippen LogP contribution in [-0.4, -0.2) is 16.5 Å². The van der Waals surface area contributed by atoms with Crippen molar-refractivity contribution in [1.82, 2.24) is 0 Å². The molecule has 0 spiro atoms. The van der Waals surface area contributed by atoms with Crippen molar-refractivity contribution in [3.8, 4) is 0 Å². The first-order valence-electron chi connectivity index (χ1n) is 4.34. The van der Waals surface area contributed by atoms with E-state index < -0.39 is 5.60 Å². The molecule has 1 fully saturated rings. The van der Waals surface area contributed by atoms with Gasteiger partial charge >= 0.3 is 0 Å². The van der Waals surface area contributed by atoms with E-state index in [0.717, 1.165) is 32.1 Å². The summed E-state index contributed by atoms with van der Waals surface area (Å²) in [5, 5.41) is 9.61. The first-order valence-corrected chi connectivity index (χ1v) is 4.34. The van der Waals surface area contributed by atoms with E-state index in [1.54, 1.807) is 6.92 Å². The van der Waals surface area contributed by atoms with E-state index in [9.17, 15) is 9.90 Å². The zero-order valence-electron chi connectivity index (χ0n) is 7.10. The molecule has 1 aliphatic rings. The smallest absolute Gasteiger partial charge is 0.129 e. The fourth-order valence-electron chi connectivity index (χ4n) is 1.50. The van der Waals surface area contributed by atoms with Gasteiger partial charge < -0.3 is 9.90 Å². The van der Waals surface area contributed by atoms with Crippen LogP contribution in [0.3, 0.4) is 0 Å². The van der Waals surface area contributed by atoms with Gasteiger partial charge in [0, 0.05) is 6.42 Å². The van der Waals surface area contributed by atoms with Crippen LogP contribution in [-0.2, 0) is 4.79 Å². The second kappa shape index (κ2) is 3.35. The number of carbonyl (C=O) groups excluding carboxylic acids is 1. The highest BCUT2D eigenvalue weighted by Crippen LogP contribution is 2.35. The largest absolute Gasteiger partial charge is 0.390 e. The van der Waals surface area contributed by atoms with Gasteiger partial charge in [-0.05, 0) is 39.0 Å².